The van der Waals surface area contributed by atoms with E-state index >= 15 is 0 Å². The van der Waals surface area contributed by atoms with Gasteiger partial charge in [0.2, 0.25) is 0 Å². The molecule has 0 radical (unpaired) electrons. The first kappa shape index (κ1) is 6.22. The summed E-state index contributed by atoms with van der Waals surface area (Å²) in [6.45, 7) is 0. The fraction of sp³-hybridized carbons (Fsp3) is 0.125. The monoisotopic (exact) mass is 148 g/mol. The maximum absolute atomic E-state index is 7.34. The van der Waals surface area contributed by atoms with Gasteiger partial charge in [-0.1, -0.05) is 12.1 Å². The molecule has 0 aliphatic carbocycles. The third kappa shape index (κ3) is 0.774. The highest BCUT2D eigenvalue weighted by Crippen LogP contribution is 2.09. The number of para-hydroxylation sites is 2. The van der Waals surface area contributed by atoms with Gasteiger partial charge in [0.05, 0.1) is 5.52 Å². The van der Waals surface area contributed by atoms with E-state index in [1.54, 1.807) is 4.57 Å². The molecule has 1 N–H and O–H groups in total. The van der Waals surface area contributed by atoms with E-state index in [0.29, 0.717) is 0 Å². The molecule has 2 aromatic rings. The van der Waals surface area contributed by atoms with E-state index in [4.69, 9.17) is 9.83 Å². The van der Waals surface area contributed by atoms with Crippen LogP contribution in [0.2, 0.25) is 0 Å². The molecule has 1 aromatic carbocycles. The summed E-state index contributed by atoms with van der Waals surface area (Å²) in [5.74, 6) is 0. The highest BCUT2D eigenvalue weighted by Gasteiger charge is 1.99. The van der Waals surface area contributed by atoms with Crippen LogP contribution in [0.1, 0.15) is 0 Å². The molecular formula is C8H8N2O. The molecule has 0 aliphatic heterocycles. The zero-order chi connectivity index (χ0) is 7.84. The van der Waals surface area contributed by atoms with Crippen molar-refractivity contribution < 1.29 is 4.42 Å². The van der Waals surface area contributed by atoms with Crippen molar-refractivity contribution in [1.82, 2.24) is 4.57 Å². The zero-order valence-electron chi connectivity index (χ0n) is 6.16. The number of nitrogens with one attached hydrogen (secondary N) is 1. The molecule has 1 heterocycles. The van der Waals surface area contributed by atoms with Crippen LogP contribution < -0.4 is 5.68 Å². The summed E-state index contributed by atoms with van der Waals surface area (Å²) >= 11 is 0. The SMILES string of the molecule is Cn1c(=N)oc2ccccc21. The molecule has 0 unspecified atom stereocenters. The molecule has 1 aromatic heterocycles. The Bertz CT molecular complexity index is 439. The molecule has 0 saturated heterocycles. The zero-order valence-corrected chi connectivity index (χ0v) is 6.16. The average molecular weight is 148 g/mol. The average Bonchev–Trinajstić information content (AvgIpc) is 2.30. The van der Waals surface area contributed by atoms with Crippen LogP contribution in [0.25, 0.3) is 11.1 Å². The minimum absolute atomic E-state index is 0.186. The fourth-order valence-corrected chi connectivity index (χ4v) is 1.10. The minimum Gasteiger partial charge on any atom is -0.424 e. The van der Waals surface area contributed by atoms with E-state index in [2.05, 4.69) is 0 Å². The van der Waals surface area contributed by atoms with Gasteiger partial charge in [-0.25, -0.2) is 0 Å². The van der Waals surface area contributed by atoms with Gasteiger partial charge in [-0.3, -0.25) is 9.98 Å². The third-order valence-electron chi connectivity index (χ3n) is 1.74. The number of fused-ring (bicyclic) bond motifs is 1. The van der Waals surface area contributed by atoms with Crippen molar-refractivity contribution in [2.45, 2.75) is 0 Å². The molecule has 0 atom stereocenters. The van der Waals surface area contributed by atoms with E-state index in [-0.39, 0.29) is 5.68 Å². The summed E-state index contributed by atoms with van der Waals surface area (Å²) < 4.78 is 6.83. The van der Waals surface area contributed by atoms with Crippen molar-refractivity contribution in [3.05, 3.63) is 29.9 Å². The predicted molar refractivity (Wildman–Crippen MR) is 41.0 cm³/mol. The van der Waals surface area contributed by atoms with Crippen LogP contribution in [0, 0.1) is 5.41 Å². The van der Waals surface area contributed by atoms with Crippen LogP contribution in [0.3, 0.4) is 0 Å². The van der Waals surface area contributed by atoms with Crippen molar-refractivity contribution in [1.29, 1.82) is 5.41 Å². The second-order valence-corrected chi connectivity index (χ2v) is 2.43. The van der Waals surface area contributed by atoms with Crippen molar-refractivity contribution in [3.63, 3.8) is 0 Å². The lowest BCUT2D eigenvalue weighted by molar-refractivity contribution is 0.496. The normalized spacial score (nSPS) is 10.6. The van der Waals surface area contributed by atoms with E-state index < -0.39 is 0 Å². The van der Waals surface area contributed by atoms with E-state index in [1.807, 2.05) is 31.3 Å². The summed E-state index contributed by atoms with van der Waals surface area (Å²) in [5.41, 5.74) is 1.91. The van der Waals surface area contributed by atoms with Crippen LogP contribution >= 0.6 is 0 Å². The fourth-order valence-electron chi connectivity index (χ4n) is 1.10. The number of benzene rings is 1. The Labute approximate surface area is 63.4 Å². The van der Waals surface area contributed by atoms with Gasteiger partial charge in [0.15, 0.2) is 5.58 Å². The number of rotatable bonds is 0. The van der Waals surface area contributed by atoms with Gasteiger partial charge < -0.3 is 4.42 Å². The molecule has 2 rings (SSSR count). The molecule has 0 aliphatic rings. The Morgan fingerprint density at radius 1 is 1.36 bits per heavy atom. The molecule has 0 bridgehead atoms. The summed E-state index contributed by atoms with van der Waals surface area (Å²) in [5, 5.41) is 7.34. The number of oxazole rings is 1. The number of aryl methyl sites for hydroxylation is 1. The van der Waals surface area contributed by atoms with Crippen LogP contribution in [-0.2, 0) is 7.05 Å². The summed E-state index contributed by atoms with van der Waals surface area (Å²) in [7, 11) is 1.81. The molecule has 3 nitrogen and oxygen atoms in total. The van der Waals surface area contributed by atoms with E-state index in [1.165, 1.54) is 0 Å². The highest BCUT2D eigenvalue weighted by atomic mass is 16.3. The first-order chi connectivity index (χ1) is 5.29. The molecule has 3 heteroatoms. The first-order valence-corrected chi connectivity index (χ1v) is 3.38. The largest absolute Gasteiger partial charge is 0.424 e. The van der Waals surface area contributed by atoms with Gasteiger partial charge in [0.1, 0.15) is 0 Å². The first-order valence-electron chi connectivity index (χ1n) is 3.38. The van der Waals surface area contributed by atoms with E-state index in [9.17, 15) is 0 Å². The van der Waals surface area contributed by atoms with Crippen molar-refractivity contribution in [3.8, 4) is 0 Å². The Morgan fingerprint density at radius 2 is 2.09 bits per heavy atom. The lowest BCUT2D eigenvalue weighted by Gasteiger charge is -1.88. The number of hydrogen-bond donors (Lipinski definition) is 1. The van der Waals surface area contributed by atoms with Crippen molar-refractivity contribution >= 4 is 11.1 Å². The van der Waals surface area contributed by atoms with Gasteiger partial charge in [-0.05, 0) is 12.1 Å². The molecule has 0 spiro atoms. The van der Waals surface area contributed by atoms with Crippen LogP contribution in [-0.4, -0.2) is 4.57 Å². The minimum atomic E-state index is 0.186. The summed E-state index contributed by atoms with van der Waals surface area (Å²) in [6.07, 6.45) is 0. The second kappa shape index (κ2) is 1.99. The summed E-state index contributed by atoms with van der Waals surface area (Å²) in [4.78, 5) is 0. The molecule has 11 heavy (non-hydrogen) atoms. The molecule has 0 amide bonds. The maximum Gasteiger partial charge on any atom is 0.294 e. The van der Waals surface area contributed by atoms with Crippen LogP contribution in [0.4, 0.5) is 0 Å². The Balaban J connectivity index is 3.04. The number of nitrogens with zero attached hydrogens (tertiary/aromatic N) is 1. The quantitative estimate of drug-likeness (QED) is 0.600. The third-order valence-corrected chi connectivity index (χ3v) is 1.74. The smallest absolute Gasteiger partial charge is 0.294 e. The van der Waals surface area contributed by atoms with Gasteiger partial charge in [0, 0.05) is 7.05 Å². The van der Waals surface area contributed by atoms with Crippen LogP contribution in [0.5, 0.6) is 0 Å². The molecule has 0 saturated carbocycles. The van der Waals surface area contributed by atoms with Gasteiger partial charge in [0.25, 0.3) is 5.68 Å². The summed E-state index contributed by atoms with van der Waals surface area (Å²) in [6, 6.07) is 7.60. The van der Waals surface area contributed by atoms with Crippen molar-refractivity contribution in [2.75, 3.05) is 0 Å². The van der Waals surface area contributed by atoms with E-state index in [0.717, 1.165) is 11.1 Å². The van der Waals surface area contributed by atoms with Gasteiger partial charge >= 0.3 is 0 Å². The lowest BCUT2D eigenvalue weighted by Crippen LogP contribution is -2.08. The molecule has 0 fully saturated rings. The number of hydrogen-bond acceptors (Lipinski definition) is 2. The van der Waals surface area contributed by atoms with Crippen LogP contribution in [0.15, 0.2) is 28.7 Å². The predicted octanol–water partition coefficient (Wildman–Crippen LogP) is 1.25. The number of aromatic nitrogens is 1. The lowest BCUT2D eigenvalue weighted by atomic mass is 10.3. The Hall–Kier alpha value is -1.51. The second-order valence-electron chi connectivity index (χ2n) is 2.43. The Kier molecular flexibility index (Phi) is 1.12. The van der Waals surface area contributed by atoms with Gasteiger partial charge in [-0.15, -0.1) is 0 Å². The standard InChI is InChI=1S/C8H8N2O/c1-10-6-4-2-3-5-7(6)11-8(10)9/h2-5,9H,1H3. The maximum atomic E-state index is 7.34. The Morgan fingerprint density at radius 3 is 2.82 bits per heavy atom. The molecule has 56 valence electrons. The molecular weight excluding hydrogens is 140 g/mol. The van der Waals surface area contributed by atoms with Crippen molar-refractivity contribution in [2.24, 2.45) is 7.05 Å². The highest BCUT2D eigenvalue weighted by molar-refractivity contribution is 5.72. The van der Waals surface area contributed by atoms with Gasteiger partial charge in [-0.2, -0.15) is 0 Å². The topological polar surface area (TPSA) is 41.9 Å².